The van der Waals surface area contributed by atoms with Gasteiger partial charge >= 0.3 is 6.09 Å². The number of aromatic nitrogens is 4. The first-order chi connectivity index (χ1) is 27.0. The summed E-state index contributed by atoms with van der Waals surface area (Å²) in [4.78, 5) is 64.6. The standard InChI is InChI=1S/C37H42N8O10S/c1-3-22-19-37(22,35(48)42-56(50,51)25-16-17-25)39-33(46)28-18-30(55-45-41-32(40-43-45)21-12-14-23(52-2)15-13-21)31-26-10-6-7-11-29(26)53-20-27(34(47)44(28)31)38-36(49)54-24-8-4-5-9-24/h3,6-7,10-15,22,24-25,27-28,30-31H,1,4-5,8-9,16-20H2,2H3,(H,38,49)(H,39,46)(H,42,48)/t22-,27?,28+,30-,31?,37?/m1/s1. The minimum absolute atomic E-state index is 0.100. The van der Waals surface area contributed by atoms with E-state index >= 15 is 0 Å². The second-order valence-corrected chi connectivity index (χ2v) is 16.7. The van der Waals surface area contributed by atoms with Gasteiger partial charge in [-0.25, -0.2) is 13.2 Å². The van der Waals surface area contributed by atoms with Crippen molar-refractivity contribution in [1.29, 1.82) is 0 Å². The first-order valence-electron chi connectivity index (χ1n) is 18.6. The van der Waals surface area contributed by atoms with E-state index in [2.05, 4.69) is 37.3 Å². The van der Waals surface area contributed by atoms with Crippen LogP contribution in [-0.2, 0) is 29.1 Å². The van der Waals surface area contributed by atoms with Crippen molar-refractivity contribution in [3.8, 4) is 22.9 Å². The number of benzene rings is 2. The number of amides is 4. The van der Waals surface area contributed by atoms with Crippen LogP contribution >= 0.6 is 0 Å². The Kier molecular flexibility index (Phi) is 9.80. The van der Waals surface area contributed by atoms with E-state index in [4.69, 9.17) is 19.0 Å². The van der Waals surface area contributed by atoms with Crippen molar-refractivity contribution in [3.05, 3.63) is 66.7 Å². The van der Waals surface area contributed by atoms with Crippen LogP contribution < -0.4 is 29.7 Å². The van der Waals surface area contributed by atoms with Crippen LogP contribution in [0.25, 0.3) is 11.4 Å². The summed E-state index contributed by atoms with van der Waals surface area (Å²) in [5.74, 6) is -1.62. The molecule has 0 spiro atoms. The van der Waals surface area contributed by atoms with Gasteiger partial charge in [-0.05, 0) is 80.5 Å². The van der Waals surface area contributed by atoms with Crippen LogP contribution in [0.15, 0.2) is 61.2 Å². The molecule has 4 amide bonds. The molecule has 3 aromatic rings. The van der Waals surface area contributed by atoms with Gasteiger partial charge in [0.05, 0.1) is 12.4 Å². The normalized spacial score (nSPS) is 27.1. The number of carbonyl (C=O) groups is 4. The molecule has 19 heteroatoms. The molecule has 4 fully saturated rings. The number of rotatable bonds is 12. The highest BCUT2D eigenvalue weighted by Gasteiger charge is 2.63. The average molecular weight is 791 g/mol. The molecule has 3 aliphatic carbocycles. The molecule has 3 saturated carbocycles. The summed E-state index contributed by atoms with van der Waals surface area (Å²) in [6.07, 6.45) is 3.52. The Bertz CT molecular complexity index is 2140. The predicted molar refractivity (Wildman–Crippen MR) is 195 cm³/mol. The Morgan fingerprint density at radius 1 is 1.05 bits per heavy atom. The molecular formula is C37H42N8O10S. The third kappa shape index (κ3) is 7.22. The quantitative estimate of drug-likeness (QED) is 0.222. The number of methoxy groups -OCH3 is 1. The van der Waals surface area contributed by atoms with Crippen molar-refractivity contribution in [2.45, 2.75) is 92.5 Å². The number of fused-ring (bicyclic) bond motifs is 3. The lowest BCUT2D eigenvalue weighted by Gasteiger charge is -2.36. The van der Waals surface area contributed by atoms with Gasteiger partial charge in [-0.1, -0.05) is 29.4 Å². The van der Waals surface area contributed by atoms with Crippen LogP contribution in [0.3, 0.4) is 0 Å². The van der Waals surface area contributed by atoms with Crippen molar-refractivity contribution in [3.63, 3.8) is 0 Å². The molecule has 3 unspecified atom stereocenters. The molecule has 3 heterocycles. The highest BCUT2D eigenvalue weighted by Crippen LogP contribution is 2.47. The molecule has 0 bridgehead atoms. The maximum atomic E-state index is 14.7. The van der Waals surface area contributed by atoms with E-state index in [-0.39, 0.29) is 31.4 Å². The fourth-order valence-corrected chi connectivity index (χ4v) is 9.13. The Labute approximate surface area is 322 Å². The molecule has 6 atom stereocenters. The summed E-state index contributed by atoms with van der Waals surface area (Å²) in [6.45, 7) is 3.50. The van der Waals surface area contributed by atoms with E-state index in [9.17, 15) is 27.6 Å². The van der Waals surface area contributed by atoms with E-state index in [0.717, 1.165) is 17.8 Å². The summed E-state index contributed by atoms with van der Waals surface area (Å²) in [7, 11) is -2.39. The number of hydrogen-bond acceptors (Lipinski definition) is 13. The third-order valence-electron chi connectivity index (χ3n) is 11.0. The SMILES string of the molecule is C=C[C@@H]1CC1(NC(=O)[C@@H]1C[C@@H](On2nnc(-c3ccc(OC)cc3)n2)C2c3ccccc3OCC(NC(=O)OC3CCCC3)C(=O)N21)C(=O)NS(=O)(=O)C1CC1. The topological polar surface area (TPSA) is 222 Å². The zero-order valence-electron chi connectivity index (χ0n) is 30.5. The number of tetrazole rings is 1. The van der Waals surface area contributed by atoms with Crippen molar-refractivity contribution in [1.82, 2.24) is 40.6 Å². The highest BCUT2D eigenvalue weighted by molar-refractivity contribution is 7.91. The van der Waals surface area contributed by atoms with E-state index in [1.165, 1.54) is 11.0 Å². The lowest BCUT2D eigenvalue weighted by atomic mass is 9.99. The first kappa shape index (κ1) is 37.2. The second-order valence-electron chi connectivity index (χ2n) is 14.7. The monoisotopic (exact) mass is 790 g/mol. The highest BCUT2D eigenvalue weighted by atomic mass is 32.2. The smallest absolute Gasteiger partial charge is 0.408 e. The second kappa shape index (κ2) is 14.7. The van der Waals surface area contributed by atoms with Gasteiger partial charge in [-0.15, -0.1) is 11.7 Å². The number of carbonyl (C=O) groups excluding carboxylic acids is 4. The van der Waals surface area contributed by atoms with Crippen LogP contribution in [0.1, 0.15) is 63.0 Å². The number of para-hydroxylation sites is 1. The Balaban J connectivity index is 1.12. The number of sulfonamides is 1. The van der Waals surface area contributed by atoms with Gasteiger partial charge in [-0.2, -0.15) is 0 Å². The van der Waals surface area contributed by atoms with Crippen LogP contribution in [0, 0.1) is 5.92 Å². The fourth-order valence-electron chi connectivity index (χ4n) is 7.77. The summed E-state index contributed by atoms with van der Waals surface area (Å²) >= 11 is 0. The first-order valence-corrected chi connectivity index (χ1v) is 20.2. The van der Waals surface area contributed by atoms with Crippen molar-refractivity contribution < 1.29 is 46.6 Å². The zero-order valence-corrected chi connectivity index (χ0v) is 31.4. The van der Waals surface area contributed by atoms with Gasteiger partial charge in [0, 0.05) is 28.4 Å². The molecule has 56 heavy (non-hydrogen) atoms. The van der Waals surface area contributed by atoms with Crippen molar-refractivity contribution in [2.75, 3.05) is 13.7 Å². The minimum Gasteiger partial charge on any atom is -0.497 e. The van der Waals surface area contributed by atoms with Gasteiger partial charge in [0.1, 0.15) is 47.9 Å². The third-order valence-corrected chi connectivity index (χ3v) is 12.9. The number of alkyl carbamates (subject to hydrolysis) is 1. The Morgan fingerprint density at radius 3 is 2.50 bits per heavy atom. The van der Waals surface area contributed by atoms with Crippen LogP contribution in [0.4, 0.5) is 4.79 Å². The predicted octanol–water partition coefficient (Wildman–Crippen LogP) is 1.59. The maximum Gasteiger partial charge on any atom is 0.408 e. The maximum absolute atomic E-state index is 14.7. The van der Waals surface area contributed by atoms with E-state index < -0.39 is 74.8 Å². The lowest BCUT2D eigenvalue weighted by molar-refractivity contribution is -0.145. The van der Waals surface area contributed by atoms with Gasteiger partial charge in [0.2, 0.25) is 27.7 Å². The average Bonchev–Trinajstić information content (AvgIpc) is 4.00. The zero-order chi connectivity index (χ0) is 39.2. The molecule has 2 aliphatic heterocycles. The van der Waals surface area contributed by atoms with E-state index in [0.29, 0.717) is 48.3 Å². The number of hydrogen-bond donors (Lipinski definition) is 3. The molecule has 296 valence electrons. The van der Waals surface area contributed by atoms with Crippen LogP contribution in [-0.4, -0.2) is 106 Å². The van der Waals surface area contributed by atoms with Gasteiger partial charge in [0.15, 0.2) is 6.10 Å². The summed E-state index contributed by atoms with van der Waals surface area (Å²) in [5, 5.41) is 17.4. The number of nitrogens with zero attached hydrogens (tertiary/aromatic N) is 5. The summed E-state index contributed by atoms with van der Waals surface area (Å²) in [5.41, 5.74) is -0.495. The van der Waals surface area contributed by atoms with Crippen LogP contribution in [0.2, 0.25) is 0 Å². The van der Waals surface area contributed by atoms with E-state index in [1.807, 2.05) is 0 Å². The summed E-state index contributed by atoms with van der Waals surface area (Å²) in [6, 6.07) is 10.3. The van der Waals surface area contributed by atoms with E-state index in [1.54, 1.807) is 55.6 Å². The largest absolute Gasteiger partial charge is 0.497 e. The van der Waals surface area contributed by atoms with Crippen LogP contribution in [0.5, 0.6) is 11.5 Å². The molecule has 2 aromatic carbocycles. The van der Waals surface area contributed by atoms with Crippen molar-refractivity contribution >= 4 is 33.8 Å². The molecule has 3 N–H and O–H groups in total. The van der Waals surface area contributed by atoms with Gasteiger partial charge < -0.3 is 34.6 Å². The molecule has 1 aromatic heterocycles. The summed E-state index contributed by atoms with van der Waals surface area (Å²) < 4.78 is 44.7. The Hall–Kier alpha value is -5.72. The Morgan fingerprint density at radius 2 is 1.80 bits per heavy atom. The molecule has 5 aliphatic rings. The fraction of sp³-hybridized carbons (Fsp3) is 0.486. The molecule has 18 nitrogen and oxygen atoms in total. The molecule has 1 saturated heterocycles. The van der Waals surface area contributed by atoms with Gasteiger partial charge in [0.25, 0.3) is 5.91 Å². The molecule has 8 rings (SSSR count). The lowest BCUT2D eigenvalue weighted by Crippen LogP contribution is -2.60. The minimum atomic E-state index is -3.94. The number of nitrogens with one attached hydrogen (secondary N) is 3. The number of ether oxygens (including phenoxy) is 3. The molecular weight excluding hydrogens is 749 g/mol. The van der Waals surface area contributed by atoms with Gasteiger partial charge in [-0.3, -0.25) is 19.1 Å². The molecule has 0 radical (unpaired) electrons. The van der Waals surface area contributed by atoms with Crippen molar-refractivity contribution in [2.24, 2.45) is 5.92 Å².